The molecule has 0 aromatic heterocycles. The van der Waals surface area contributed by atoms with Crippen molar-refractivity contribution >= 4 is 16.1 Å². The molecule has 10 rings (SSSR count). The highest BCUT2D eigenvalue weighted by molar-refractivity contribution is 7.86. The van der Waals surface area contributed by atoms with Gasteiger partial charge in [0.05, 0.1) is 11.4 Å². The molecule has 0 amide bonds. The predicted molar refractivity (Wildman–Crippen MR) is 200 cm³/mol. The Kier molecular flexibility index (Phi) is 10.6. The zero-order chi connectivity index (χ0) is 37.3. The number of hydrogen-bond donors (Lipinski definition) is 6. The number of ether oxygens (including phenoxy) is 2. The molecule has 0 spiro atoms. The number of aliphatic hydroxyl groups is 2. The topological polar surface area (TPSA) is 198 Å². The van der Waals surface area contributed by atoms with E-state index < -0.39 is 33.1 Å². The van der Waals surface area contributed by atoms with Gasteiger partial charge in [0.1, 0.15) is 17.6 Å². The molecule has 0 radical (unpaired) electrons. The zero-order valence-corrected chi connectivity index (χ0v) is 30.3. The van der Waals surface area contributed by atoms with E-state index in [-0.39, 0.29) is 61.6 Å². The van der Waals surface area contributed by atoms with Gasteiger partial charge in [0, 0.05) is 48.7 Å². The van der Waals surface area contributed by atoms with Gasteiger partial charge >= 0.3 is 0 Å². The van der Waals surface area contributed by atoms with Crippen LogP contribution in [-0.2, 0) is 27.0 Å². The van der Waals surface area contributed by atoms with Crippen LogP contribution in [0.25, 0.3) is 0 Å². The minimum atomic E-state index is -4.56. The van der Waals surface area contributed by atoms with Crippen LogP contribution < -0.4 is 16.2 Å². The third-order valence-corrected chi connectivity index (χ3v) is 12.6. The number of nitrogens with zero attached hydrogens (tertiary/aromatic N) is 1. The predicted octanol–water partition coefficient (Wildman–Crippen LogP) is 4.80. The molecule has 6 heterocycles. The van der Waals surface area contributed by atoms with Crippen LogP contribution in [-0.4, -0.2) is 58.8 Å². The smallest absolute Gasteiger partial charge is 0.268 e. The lowest BCUT2D eigenvalue weighted by Gasteiger charge is -2.40. The van der Waals surface area contributed by atoms with Crippen molar-refractivity contribution < 1.29 is 37.8 Å². The van der Waals surface area contributed by atoms with E-state index in [0.717, 1.165) is 22.3 Å². The fraction of sp³-hybridized carbons (Fsp3) is 0.439. The number of phenols is 1. The third-order valence-electron chi connectivity index (χ3n) is 11.3. The maximum absolute atomic E-state index is 13.5. The lowest BCUT2D eigenvalue weighted by atomic mass is 9.66. The maximum atomic E-state index is 13.5. The second-order valence-electron chi connectivity index (χ2n) is 14.9. The Bertz CT molecular complexity index is 2040. The maximum Gasteiger partial charge on any atom is 0.268 e. The van der Waals surface area contributed by atoms with Gasteiger partial charge in [-0.05, 0) is 97.2 Å². The minimum Gasteiger partial charge on any atom is -0.508 e. The van der Waals surface area contributed by atoms with Crippen molar-refractivity contribution in [1.82, 2.24) is 0 Å². The van der Waals surface area contributed by atoms with Crippen molar-refractivity contribution in [3.8, 4) is 23.3 Å². The molecule has 0 unspecified atom stereocenters. The molecule has 280 valence electrons. The van der Waals surface area contributed by atoms with Crippen molar-refractivity contribution in [1.29, 1.82) is 0 Å². The van der Waals surface area contributed by atoms with E-state index in [4.69, 9.17) is 20.9 Å². The van der Waals surface area contributed by atoms with E-state index in [9.17, 15) is 28.3 Å². The highest BCUT2D eigenvalue weighted by Gasteiger charge is 2.47. The molecule has 0 saturated carbocycles. The van der Waals surface area contributed by atoms with E-state index in [2.05, 4.69) is 16.8 Å². The molecule has 3 aromatic rings. The summed E-state index contributed by atoms with van der Waals surface area (Å²) in [6.07, 6.45) is 4.57. The van der Waals surface area contributed by atoms with Crippen molar-refractivity contribution in [2.75, 3.05) is 13.2 Å². The van der Waals surface area contributed by atoms with Crippen LogP contribution in [0, 0.1) is 29.6 Å². The summed E-state index contributed by atoms with van der Waals surface area (Å²) in [5, 5.41) is 29.5. The first kappa shape index (κ1) is 37.0. The Labute approximate surface area is 310 Å². The van der Waals surface area contributed by atoms with Crippen molar-refractivity contribution in [3.63, 3.8) is 0 Å². The molecule has 1 saturated heterocycles. The van der Waals surface area contributed by atoms with Crippen LogP contribution in [0.1, 0.15) is 84.8 Å². The van der Waals surface area contributed by atoms with E-state index in [0.29, 0.717) is 55.4 Å². The van der Waals surface area contributed by atoms with Crippen LogP contribution in [0.3, 0.4) is 0 Å². The van der Waals surface area contributed by atoms with Gasteiger partial charge in [-0.3, -0.25) is 4.55 Å². The second kappa shape index (κ2) is 15.2. The van der Waals surface area contributed by atoms with Crippen LogP contribution in [0.15, 0.2) is 83.4 Å². The average molecular weight is 742 g/mol. The van der Waals surface area contributed by atoms with Crippen molar-refractivity contribution in [2.24, 2.45) is 34.2 Å². The number of benzene rings is 3. The monoisotopic (exact) mass is 741 g/mol. The van der Waals surface area contributed by atoms with Gasteiger partial charge in [-0.1, -0.05) is 60.4 Å². The lowest BCUT2D eigenvalue weighted by Crippen LogP contribution is -2.39. The Hall–Kier alpha value is -4.38. The number of rotatable bonds is 6. The number of fused-ring (bicyclic) bond motifs is 7. The highest BCUT2D eigenvalue weighted by Crippen LogP contribution is 2.53. The van der Waals surface area contributed by atoms with Crippen LogP contribution in [0.4, 0.5) is 0 Å². The molecule has 8 bridgehead atoms. The number of aliphatic hydroxyl groups excluding tert-OH is 2. The first-order valence-electron chi connectivity index (χ1n) is 18.3. The molecular weight excluding hydrogens is 695 g/mol. The SMILES string of the molecule is NC(N)=N[C@@]1(CCCO)Oc2ccc(cc2)CC[C@@H](S(=O)(=O)O)[C@H]2C=C3C[C@H](C[C@@H]4C[C@@H](CO)CC#Cc5cc(O)ccc5[C@@H]3O4)[C@H]2c2ccc1cc2. The van der Waals surface area contributed by atoms with E-state index in [1.807, 2.05) is 48.5 Å². The molecule has 7 aliphatic rings. The minimum absolute atomic E-state index is 0.0609. The number of guanidine groups is 1. The van der Waals surface area contributed by atoms with Crippen molar-refractivity contribution in [2.45, 2.75) is 80.5 Å². The fourth-order valence-electron chi connectivity index (χ4n) is 8.94. The molecule has 53 heavy (non-hydrogen) atoms. The fourth-order valence-corrected chi connectivity index (χ4v) is 10.0. The first-order chi connectivity index (χ1) is 25.5. The molecule has 8 N–H and O–H groups in total. The molecule has 3 aromatic carbocycles. The van der Waals surface area contributed by atoms with Crippen molar-refractivity contribution in [3.05, 3.63) is 106 Å². The molecule has 1 aliphatic carbocycles. The normalized spacial score (nSPS) is 29.3. The molecule has 1 fully saturated rings. The van der Waals surface area contributed by atoms with Gasteiger partial charge in [0.25, 0.3) is 10.1 Å². The quantitative estimate of drug-likeness (QED) is 0.0671. The summed E-state index contributed by atoms with van der Waals surface area (Å²) in [6, 6.07) is 20.1. The number of hydrogen-bond acceptors (Lipinski definition) is 8. The Morgan fingerprint density at radius 3 is 2.49 bits per heavy atom. The Morgan fingerprint density at radius 2 is 1.79 bits per heavy atom. The van der Waals surface area contributed by atoms with Crippen LogP contribution >= 0.6 is 0 Å². The van der Waals surface area contributed by atoms with E-state index in [1.54, 1.807) is 24.3 Å². The number of aryl methyl sites for hydroxylation is 1. The summed E-state index contributed by atoms with van der Waals surface area (Å²) in [6.45, 7) is -0.160. The third kappa shape index (κ3) is 7.81. The van der Waals surface area contributed by atoms with Gasteiger partial charge in [0.15, 0.2) is 5.96 Å². The second-order valence-corrected chi connectivity index (χ2v) is 16.5. The largest absolute Gasteiger partial charge is 0.508 e. The van der Waals surface area contributed by atoms with Gasteiger partial charge in [-0.15, -0.1) is 0 Å². The van der Waals surface area contributed by atoms with Gasteiger partial charge < -0.3 is 36.3 Å². The van der Waals surface area contributed by atoms with Gasteiger partial charge in [0.2, 0.25) is 5.72 Å². The first-order valence-corrected chi connectivity index (χ1v) is 19.8. The number of allylic oxidation sites excluding steroid dienone is 1. The molecule has 6 aliphatic heterocycles. The summed E-state index contributed by atoms with van der Waals surface area (Å²) in [4.78, 5) is 4.59. The van der Waals surface area contributed by atoms with E-state index in [1.165, 1.54) is 0 Å². The molecule has 8 atom stereocenters. The van der Waals surface area contributed by atoms with Gasteiger partial charge in [-0.25, -0.2) is 4.99 Å². The number of aromatic hydroxyl groups is 1. The van der Waals surface area contributed by atoms with Gasteiger partial charge in [-0.2, -0.15) is 8.42 Å². The summed E-state index contributed by atoms with van der Waals surface area (Å²) < 4.78 is 51.6. The van der Waals surface area contributed by atoms with Crippen LogP contribution in [0.2, 0.25) is 0 Å². The number of nitrogens with two attached hydrogens (primary N) is 2. The summed E-state index contributed by atoms with van der Waals surface area (Å²) >= 11 is 0. The summed E-state index contributed by atoms with van der Waals surface area (Å²) in [5.41, 5.74) is 15.3. The standard InChI is InChI=1S/C41H47N3O8S/c42-40(43)44-41(17-2-18-45)31-10-8-27(9-11-31)38-29-20-30(23-36(38)37(53(48,49)50)16-7-25-5-13-33(52-41)14-6-25)39-35-15-12-32(47)21-28(35)4-1-3-26(24-46)19-34(22-29)51-39/h5-6,8-15,21,23,26,29,34,36-39,45-47H,2-3,7,16-20,22,24H2,(H4,42,43,44)(H,48,49,50)/t26-,29+,34-,36+,37+,38+,39+,41-/m0/s1. The molecule has 11 nitrogen and oxygen atoms in total. The highest BCUT2D eigenvalue weighted by atomic mass is 32.2. The summed E-state index contributed by atoms with van der Waals surface area (Å²) in [5.74, 6) is 5.62. The van der Waals surface area contributed by atoms with Crippen LogP contribution in [0.5, 0.6) is 11.5 Å². The Morgan fingerprint density at radius 1 is 1.02 bits per heavy atom. The Balaban J connectivity index is 1.43. The lowest BCUT2D eigenvalue weighted by molar-refractivity contribution is -0.0131. The van der Waals surface area contributed by atoms with E-state index >= 15 is 0 Å². The zero-order valence-electron chi connectivity index (χ0n) is 29.5. The summed E-state index contributed by atoms with van der Waals surface area (Å²) in [7, 11) is -4.56. The molecule has 12 heteroatoms. The molecular formula is C41H47N3O8S. The average Bonchev–Trinajstić information content (AvgIpc) is 3.25. The number of phenolic OH excluding ortho intramolecular Hbond substituents is 1. The number of aliphatic imine (C=N–C) groups is 1.